The van der Waals surface area contributed by atoms with Crippen LogP contribution in [0.3, 0.4) is 0 Å². The van der Waals surface area contributed by atoms with Crippen LogP contribution in [0.4, 0.5) is 5.95 Å². The number of ether oxygens (including phenoxy) is 4. The first-order chi connectivity index (χ1) is 21.8. The van der Waals surface area contributed by atoms with Gasteiger partial charge in [0.1, 0.15) is 11.5 Å². The van der Waals surface area contributed by atoms with Crippen LogP contribution in [0.25, 0.3) is 32.8 Å². The lowest BCUT2D eigenvalue weighted by molar-refractivity contribution is 0.152. The van der Waals surface area contributed by atoms with Gasteiger partial charge < -0.3 is 23.8 Å². The maximum absolute atomic E-state index is 9.75. The molecule has 0 saturated heterocycles. The molecule has 0 fully saturated rings. The van der Waals surface area contributed by atoms with Crippen molar-refractivity contribution in [2.45, 2.75) is 24.9 Å². The summed E-state index contributed by atoms with van der Waals surface area (Å²) in [7, 11) is 4.82. The summed E-state index contributed by atoms with van der Waals surface area (Å²) in [6.45, 7) is 12.0. The van der Waals surface area contributed by atoms with Crippen molar-refractivity contribution in [3.8, 4) is 40.2 Å². The monoisotopic (exact) mass is 593 g/mol. The Morgan fingerprint density at radius 3 is 2.27 bits per heavy atom. The van der Waals surface area contributed by atoms with Crippen molar-refractivity contribution in [1.82, 2.24) is 15.0 Å². The van der Waals surface area contributed by atoms with Gasteiger partial charge in [0.2, 0.25) is 11.4 Å². The van der Waals surface area contributed by atoms with E-state index in [1.807, 2.05) is 54.6 Å². The second-order valence-electron chi connectivity index (χ2n) is 11.3. The number of hydrogen-bond donors (Lipinski definition) is 0. The highest BCUT2D eigenvalue weighted by atomic mass is 16.5. The summed E-state index contributed by atoms with van der Waals surface area (Å²) in [6, 6.07) is 21.7. The Bertz CT molecular complexity index is 2130. The third-order valence-corrected chi connectivity index (χ3v) is 8.72. The van der Waals surface area contributed by atoms with Crippen LogP contribution >= 0.6 is 0 Å². The van der Waals surface area contributed by atoms with Gasteiger partial charge in [-0.05, 0) is 58.0 Å². The van der Waals surface area contributed by atoms with Gasteiger partial charge in [-0.25, -0.2) is 0 Å². The number of aromatic nitrogens is 3. The van der Waals surface area contributed by atoms with Crippen molar-refractivity contribution in [3.05, 3.63) is 112 Å². The van der Waals surface area contributed by atoms with Crippen molar-refractivity contribution in [2.75, 3.05) is 21.3 Å². The molecule has 1 aromatic heterocycles. The van der Waals surface area contributed by atoms with E-state index >= 15 is 0 Å². The first-order valence-electron chi connectivity index (χ1n) is 14.2. The molecule has 0 spiro atoms. The summed E-state index contributed by atoms with van der Waals surface area (Å²) in [4.78, 5) is 16.4. The molecule has 9 nitrogen and oxygen atoms in total. The minimum atomic E-state index is -1.42. The van der Waals surface area contributed by atoms with Gasteiger partial charge in [-0.2, -0.15) is 10.2 Å². The molecule has 0 radical (unpaired) electrons. The van der Waals surface area contributed by atoms with Gasteiger partial charge in [-0.1, -0.05) is 56.3 Å². The highest BCUT2D eigenvalue weighted by Crippen LogP contribution is 2.59. The molecule has 0 saturated carbocycles. The topological polar surface area (TPSA) is 104 Å². The van der Waals surface area contributed by atoms with Crippen LogP contribution in [0.15, 0.2) is 66.7 Å². The number of nitrogens with zero attached hydrogens (tertiary/aromatic N) is 5. The lowest BCUT2D eigenvalue weighted by Gasteiger charge is -2.36. The van der Waals surface area contributed by atoms with Crippen LogP contribution in [-0.4, -0.2) is 36.3 Å². The van der Waals surface area contributed by atoms with Gasteiger partial charge in [-0.15, -0.1) is 16.5 Å². The van der Waals surface area contributed by atoms with Gasteiger partial charge >= 0.3 is 5.95 Å². The van der Waals surface area contributed by atoms with Crippen LogP contribution in [-0.2, 0) is 11.0 Å². The summed E-state index contributed by atoms with van der Waals surface area (Å²) in [5, 5.41) is 11.5. The lowest BCUT2D eigenvalue weighted by Crippen LogP contribution is -2.37. The Labute approximate surface area is 260 Å². The van der Waals surface area contributed by atoms with E-state index in [9.17, 15) is 5.26 Å². The number of benzene rings is 4. The van der Waals surface area contributed by atoms with Crippen LogP contribution in [0.1, 0.15) is 47.8 Å². The summed E-state index contributed by atoms with van der Waals surface area (Å²) in [5.74, 6) is 2.13. The zero-order chi connectivity index (χ0) is 31.5. The summed E-state index contributed by atoms with van der Waals surface area (Å²) in [6.07, 6.45) is 3.94. The molecule has 5 aromatic rings. The Hall–Kier alpha value is -5.93. The van der Waals surface area contributed by atoms with Crippen molar-refractivity contribution < 1.29 is 18.9 Å². The SMILES string of the molecule is [C-]#[N+]c1nc(C#N)nc(C2(c3ccc(OC)cc3)C=Cc3c4c(c5cc(OC)c(OC)cc5c3O2)-c2ccccc2C4(C)C)n1. The molecule has 45 heavy (non-hydrogen) atoms. The molecule has 4 aromatic carbocycles. The van der Waals surface area contributed by atoms with Crippen LogP contribution in [0, 0.1) is 17.9 Å². The molecule has 0 amide bonds. The van der Waals surface area contributed by atoms with Gasteiger partial charge in [0.15, 0.2) is 17.6 Å². The molecular weight excluding hydrogens is 566 g/mol. The fourth-order valence-corrected chi connectivity index (χ4v) is 6.65. The van der Waals surface area contributed by atoms with E-state index in [0.717, 1.165) is 33.0 Å². The first kappa shape index (κ1) is 27.9. The lowest BCUT2D eigenvalue weighted by atomic mass is 9.77. The van der Waals surface area contributed by atoms with E-state index < -0.39 is 5.60 Å². The highest BCUT2D eigenvalue weighted by Gasteiger charge is 2.47. The number of hydrogen-bond acceptors (Lipinski definition) is 8. The molecule has 2 aliphatic rings. The van der Waals surface area contributed by atoms with Crippen molar-refractivity contribution in [1.29, 1.82) is 5.26 Å². The first-order valence-corrected chi connectivity index (χ1v) is 14.2. The second kappa shape index (κ2) is 10.1. The number of fused-ring (bicyclic) bond motifs is 8. The number of methoxy groups -OCH3 is 3. The molecule has 1 aliphatic carbocycles. The number of rotatable bonds is 5. The van der Waals surface area contributed by atoms with Gasteiger partial charge in [0, 0.05) is 21.9 Å². The van der Waals surface area contributed by atoms with E-state index in [4.69, 9.17) is 25.5 Å². The van der Waals surface area contributed by atoms with Crippen LogP contribution in [0.2, 0.25) is 0 Å². The zero-order valence-corrected chi connectivity index (χ0v) is 25.3. The van der Waals surface area contributed by atoms with E-state index in [2.05, 4.69) is 57.9 Å². The van der Waals surface area contributed by atoms with Crippen molar-refractivity contribution in [2.24, 2.45) is 0 Å². The smallest absolute Gasteiger partial charge is 0.376 e. The fourth-order valence-electron chi connectivity index (χ4n) is 6.65. The summed E-state index contributed by atoms with van der Waals surface area (Å²) >= 11 is 0. The minimum Gasteiger partial charge on any atom is -0.497 e. The third kappa shape index (κ3) is 3.94. The van der Waals surface area contributed by atoms with Crippen LogP contribution in [0.5, 0.6) is 23.0 Å². The second-order valence-corrected chi connectivity index (χ2v) is 11.3. The molecule has 7 rings (SSSR count). The van der Waals surface area contributed by atoms with E-state index in [1.165, 1.54) is 5.56 Å². The highest BCUT2D eigenvalue weighted by molar-refractivity contribution is 6.09. The summed E-state index contributed by atoms with van der Waals surface area (Å²) in [5.41, 5.74) is 4.40. The normalized spacial score (nSPS) is 16.9. The van der Waals surface area contributed by atoms with E-state index in [1.54, 1.807) is 21.3 Å². The van der Waals surface area contributed by atoms with Gasteiger partial charge in [0.25, 0.3) is 5.82 Å². The predicted octanol–water partition coefficient (Wildman–Crippen LogP) is 7.13. The maximum atomic E-state index is 9.75. The van der Waals surface area contributed by atoms with Gasteiger partial charge in [0.05, 0.1) is 21.3 Å². The summed E-state index contributed by atoms with van der Waals surface area (Å²) < 4.78 is 24.1. The minimum absolute atomic E-state index is 0.115. The standard InChI is InChI=1S/C36H27N5O4/c1-35(2)26-10-8-7-9-22(26)30-24-17-27(43-5)28(44-6)18-25(24)32-23(31(30)35)15-16-36(45-32,20-11-13-21(42-4)14-12-20)33-39-29(19-37)40-34(38-3)41-33/h7-18H,1-2,4-6H3. The van der Waals surface area contributed by atoms with Crippen molar-refractivity contribution in [3.63, 3.8) is 0 Å². The van der Waals surface area contributed by atoms with Crippen molar-refractivity contribution >= 4 is 22.8 Å². The molecule has 1 atom stereocenters. The molecular formula is C36H27N5O4. The Kier molecular flexibility index (Phi) is 6.24. The van der Waals surface area contributed by atoms with Gasteiger partial charge in [-0.3, -0.25) is 0 Å². The number of nitriles is 1. The fraction of sp³-hybridized carbons (Fsp3) is 0.194. The molecule has 0 bridgehead atoms. The predicted molar refractivity (Wildman–Crippen MR) is 169 cm³/mol. The van der Waals surface area contributed by atoms with E-state index in [-0.39, 0.29) is 23.0 Å². The molecule has 9 heteroatoms. The Morgan fingerprint density at radius 1 is 0.889 bits per heavy atom. The Morgan fingerprint density at radius 2 is 1.60 bits per heavy atom. The third-order valence-electron chi connectivity index (χ3n) is 8.72. The molecule has 1 aliphatic heterocycles. The largest absolute Gasteiger partial charge is 0.497 e. The molecule has 1 unspecified atom stereocenters. The van der Waals surface area contributed by atoms with Crippen LogP contribution < -0.4 is 18.9 Å². The average Bonchev–Trinajstić information content (AvgIpc) is 3.33. The zero-order valence-electron chi connectivity index (χ0n) is 25.3. The molecule has 2 heterocycles. The maximum Gasteiger partial charge on any atom is 0.376 e. The molecule has 220 valence electrons. The Balaban J connectivity index is 1.60. The van der Waals surface area contributed by atoms with E-state index in [0.29, 0.717) is 28.6 Å². The molecule has 0 N–H and O–H groups in total. The quantitative estimate of drug-likeness (QED) is 0.198. The average molecular weight is 594 g/mol.